The van der Waals surface area contributed by atoms with Gasteiger partial charge < -0.3 is 50.3 Å². The Morgan fingerprint density at radius 1 is 0.625 bits per heavy atom. The smallest absolute Gasteiger partial charge is 0.335 e. The number of rotatable bonds is 23. The van der Waals surface area contributed by atoms with E-state index in [-0.39, 0.29) is 43.4 Å². The monoisotopic (exact) mass is 906 g/mol. The number of hydrogen-bond acceptors (Lipinski definition) is 16. The number of hydrogen-bond donors (Lipinski definition) is 9. The van der Waals surface area contributed by atoms with Gasteiger partial charge in [0.05, 0.1) is 38.3 Å². The highest BCUT2D eigenvalue weighted by molar-refractivity contribution is 6.02. The lowest BCUT2D eigenvalue weighted by Crippen LogP contribution is -2.61. The molecule has 354 valence electrons. The number of imide groups is 1. The van der Waals surface area contributed by atoms with E-state index < -0.39 is 124 Å². The number of carbonyl (C=O) groups excluding carboxylic acids is 3. The van der Waals surface area contributed by atoms with Gasteiger partial charge in [-0.1, -0.05) is 19.3 Å². The van der Waals surface area contributed by atoms with Crippen LogP contribution in [0.5, 0.6) is 5.75 Å². The van der Waals surface area contributed by atoms with Gasteiger partial charge in [-0.05, 0) is 79.0 Å². The van der Waals surface area contributed by atoms with Crippen molar-refractivity contribution in [3.05, 3.63) is 28.8 Å². The molecule has 1 heterocycles. The van der Waals surface area contributed by atoms with Gasteiger partial charge in [0.1, 0.15) is 24.1 Å². The number of Topliss-reactive ketones (excluding diaryl/α,β-unsaturated/α-hetero) is 1. The lowest BCUT2D eigenvalue weighted by atomic mass is 9.56. The van der Waals surface area contributed by atoms with Crippen LogP contribution in [0.4, 0.5) is 0 Å². The van der Waals surface area contributed by atoms with E-state index in [1.165, 1.54) is 17.7 Å². The molecule has 2 saturated carbocycles. The Bertz CT molecular complexity index is 1840. The van der Waals surface area contributed by atoms with Crippen molar-refractivity contribution >= 4 is 47.4 Å². The van der Waals surface area contributed by atoms with Gasteiger partial charge in [0.25, 0.3) is 0 Å². The van der Waals surface area contributed by atoms with Crippen molar-refractivity contribution in [2.75, 3.05) is 58.9 Å². The fourth-order valence-corrected chi connectivity index (χ4v) is 9.83. The maximum Gasteiger partial charge on any atom is 0.335 e. The van der Waals surface area contributed by atoms with E-state index in [2.05, 4.69) is 5.32 Å². The van der Waals surface area contributed by atoms with Gasteiger partial charge in [-0.25, -0.2) is 4.79 Å². The molecule has 0 radical (unpaired) electrons. The van der Waals surface area contributed by atoms with Crippen molar-refractivity contribution in [2.24, 2.45) is 17.8 Å². The van der Waals surface area contributed by atoms with Gasteiger partial charge >= 0.3 is 29.8 Å². The van der Waals surface area contributed by atoms with Crippen molar-refractivity contribution in [2.45, 2.75) is 101 Å². The van der Waals surface area contributed by atoms with Crippen LogP contribution >= 0.6 is 0 Å². The number of amides is 2. The second-order valence-electron chi connectivity index (χ2n) is 17.2. The van der Waals surface area contributed by atoms with Gasteiger partial charge in [-0.15, -0.1) is 0 Å². The highest BCUT2D eigenvalue weighted by Gasteiger charge is 2.49. The number of aryl methyl sites for hydroxylation is 1. The zero-order valence-electron chi connectivity index (χ0n) is 35.3. The zero-order chi connectivity index (χ0) is 46.8. The molecule has 3 aliphatic carbocycles. The van der Waals surface area contributed by atoms with Crippen LogP contribution in [0.2, 0.25) is 0 Å². The van der Waals surface area contributed by atoms with E-state index >= 15 is 0 Å². The van der Waals surface area contributed by atoms with E-state index in [0.717, 1.165) is 53.0 Å². The van der Waals surface area contributed by atoms with Crippen molar-refractivity contribution in [1.82, 2.24) is 20.0 Å². The molecule has 9 N–H and O–H groups in total. The minimum Gasteiger partial charge on any atom is -0.480 e. The maximum atomic E-state index is 14.1. The average molecular weight is 907 g/mol. The molecule has 4 aliphatic rings. The molecule has 22 nitrogen and oxygen atoms in total. The van der Waals surface area contributed by atoms with Gasteiger partial charge in [0.2, 0.25) is 18.1 Å². The molecule has 2 amide bonds. The maximum absolute atomic E-state index is 14.1. The third-order valence-electron chi connectivity index (χ3n) is 12.8. The number of carbonyl (C=O) groups is 8. The van der Waals surface area contributed by atoms with E-state index in [1.54, 1.807) is 12.1 Å². The first-order valence-corrected chi connectivity index (χ1v) is 21.5. The van der Waals surface area contributed by atoms with Crippen LogP contribution in [0.3, 0.4) is 0 Å². The fourth-order valence-electron chi connectivity index (χ4n) is 9.83. The standard InChI is InChI=1S/C42H58N4O18/c47-29(9-10-31(48)43-32(49)17-44(11-13-45(18-33(50)51)19-34(52)53)12-14-46(20-35(54)55)21-36(56)57)28-16-27-23(6-8-25-24-4-2-1-3-22(24)5-7-26(25)27)15-30(28)63-42-39(60)37(58)38(59)40(64-42)41(61)62/h15-16,22,24-26,37-40,42,58-60H,1-14,17-21H2,(H,50,51)(H,52,53)(H,54,55)(H,56,57)(H,61,62)(H,43,48,49)/t22?,24?,25?,26?,37-,38-,39+,40-,42+/m0/s1. The summed E-state index contributed by atoms with van der Waals surface area (Å²) in [6.07, 6.45) is -2.39. The lowest BCUT2D eigenvalue weighted by molar-refractivity contribution is -0.271. The third-order valence-corrected chi connectivity index (χ3v) is 12.8. The Kier molecular flexibility index (Phi) is 17.7. The first kappa shape index (κ1) is 49.9. The average Bonchev–Trinajstić information content (AvgIpc) is 3.22. The normalized spacial score (nSPS) is 26.3. The molecule has 0 bridgehead atoms. The summed E-state index contributed by atoms with van der Waals surface area (Å²) in [6, 6.07) is 3.34. The number of nitrogens with zero attached hydrogens (tertiary/aromatic N) is 3. The number of aliphatic hydroxyl groups is 3. The van der Waals surface area contributed by atoms with Crippen molar-refractivity contribution in [1.29, 1.82) is 0 Å². The van der Waals surface area contributed by atoms with Crippen LogP contribution < -0.4 is 10.1 Å². The van der Waals surface area contributed by atoms with E-state index in [9.17, 15) is 79.2 Å². The van der Waals surface area contributed by atoms with Crippen LogP contribution in [-0.4, -0.2) is 193 Å². The summed E-state index contributed by atoms with van der Waals surface area (Å²) in [5.74, 6) is -7.63. The Morgan fingerprint density at radius 2 is 1.20 bits per heavy atom. The Balaban J connectivity index is 1.31. The van der Waals surface area contributed by atoms with Crippen LogP contribution in [0, 0.1) is 17.8 Å². The highest BCUT2D eigenvalue weighted by atomic mass is 16.7. The third kappa shape index (κ3) is 13.5. The predicted octanol–water partition coefficient (Wildman–Crippen LogP) is -0.946. The van der Waals surface area contributed by atoms with Crippen LogP contribution in [0.15, 0.2) is 12.1 Å². The Hall–Kier alpha value is -5.10. The van der Waals surface area contributed by atoms with Crippen LogP contribution in [0.1, 0.15) is 85.2 Å². The number of carboxylic acid groups (broad SMARTS) is 5. The largest absolute Gasteiger partial charge is 0.480 e. The minimum absolute atomic E-state index is 0.00157. The number of aliphatic carboxylic acids is 5. The summed E-state index contributed by atoms with van der Waals surface area (Å²) in [5, 5.41) is 80.2. The second-order valence-corrected chi connectivity index (χ2v) is 17.2. The summed E-state index contributed by atoms with van der Waals surface area (Å²) in [4.78, 5) is 101. The van der Waals surface area contributed by atoms with Crippen LogP contribution in [0.25, 0.3) is 0 Å². The molecule has 1 saturated heterocycles. The van der Waals surface area contributed by atoms with Gasteiger partial charge in [0.15, 0.2) is 11.9 Å². The van der Waals surface area contributed by atoms with E-state index in [1.807, 2.05) is 0 Å². The summed E-state index contributed by atoms with van der Waals surface area (Å²) >= 11 is 0. The summed E-state index contributed by atoms with van der Waals surface area (Å²) in [6.45, 7) is -3.89. The van der Waals surface area contributed by atoms with Crippen molar-refractivity contribution < 1.29 is 88.7 Å². The number of carboxylic acids is 5. The number of ether oxygens (including phenoxy) is 2. The molecule has 0 aromatic heterocycles. The quantitative estimate of drug-likeness (QED) is 0.0598. The van der Waals surface area contributed by atoms with E-state index in [4.69, 9.17) is 9.47 Å². The molecular weight excluding hydrogens is 848 g/mol. The van der Waals surface area contributed by atoms with E-state index in [0.29, 0.717) is 24.2 Å². The van der Waals surface area contributed by atoms with Gasteiger partial charge in [-0.3, -0.25) is 53.6 Å². The molecule has 22 heteroatoms. The number of nitrogens with one attached hydrogen (secondary N) is 1. The summed E-state index contributed by atoms with van der Waals surface area (Å²) in [5.41, 5.74) is 1.84. The lowest BCUT2D eigenvalue weighted by Gasteiger charge is -2.48. The molecule has 9 atom stereocenters. The molecular formula is C42H58N4O18. The van der Waals surface area contributed by atoms with Crippen molar-refractivity contribution in [3.8, 4) is 5.75 Å². The summed E-state index contributed by atoms with van der Waals surface area (Å²) < 4.78 is 11.3. The number of benzene rings is 1. The molecule has 5 rings (SSSR count). The van der Waals surface area contributed by atoms with Gasteiger partial charge in [-0.2, -0.15) is 0 Å². The topological polar surface area (TPSA) is 339 Å². The Labute approximate surface area is 367 Å². The zero-order valence-corrected chi connectivity index (χ0v) is 35.3. The highest BCUT2D eigenvalue weighted by Crippen LogP contribution is 2.54. The fraction of sp³-hybridized carbons (Fsp3) is 0.667. The molecule has 64 heavy (non-hydrogen) atoms. The summed E-state index contributed by atoms with van der Waals surface area (Å²) in [7, 11) is 0. The number of ketones is 1. The molecule has 1 aliphatic heterocycles. The molecule has 4 unspecified atom stereocenters. The predicted molar refractivity (Wildman–Crippen MR) is 217 cm³/mol. The minimum atomic E-state index is -1.98. The van der Waals surface area contributed by atoms with Crippen LogP contribution in [-0.2, 0) is 44.7 Å². The molecule has 1 aromatic carbocycles. The van der Waals surface area contributed by atoms with Crippen molar-refractivity contribution in [3.63, 3.8) is 0 Å². The molecule has 0 spiro atoms. The second kappa shape index (κ2) is 22.7. The first-order valence-electron chi connectivity index (χ1n) is 21.5. The molecule has 1 aromatic rings. The number of fused-ring (bicyclic) bond motifs is 5. The number of aliphatic hydroxyl groups excluding tert-OH is 3. The van der Waals surface area contributed by atoms with Gasteiger partial charge in [0, 0.05) is 39.0 Å². The first-order chi connectivity index (χ1) is 30.3. The Morgan fingerprint density at radius 3 is 1.78 bits per heavy atom. The molecule has 3 fully saturated rings. The SMILES string of the molecule is O=C(O)CN(CCN(CCN(CC(=O)O)CC(=O)O)CC(=O)NC(=O)CCC(=O)c1cc2c(cc1O[C@@H]1O[C@H](C(=O)O)[C@@H](O)[C@H](O)[C@H]1O)CCC1C2CCC2CCCCC21)CC(=O)O.